The van der Waals surface area contributed by atoms with Crippen LogP contribution in [0.2, 0.25) is 0 Å². The number of aromatic amines is 1. The van der Waals surface area contributed by atoms with Gasteiger partial charge in [-0.05, 0) is 0 Å². The first-order valence-corrected chi connectivity index (χ1v) is 3.36. The molecule has 0 spiro atoms. The topological polar surface area (TPSA) is 66.7 Å². The molecule has 2 heterocycles. The Morgan fingerprint density at radius 1 is 1.70 bits per heavy atom. The van der Waals surface area contributed by atoms with Crippen LogP contribution >= 0.6 is 0 Å². The fourth-order valence-electron chi connectivity index (χ4n) is 1.25. The van der Waals surface area contributed by atoms with E-state index < -0.39 is 0 Å². The summed E-state index contributed by atoms with van der Waals surface area (Å²) in [5.41, 5.74) is 8.04. The summed E-state index contributed by atoms with van der Waals surface area (Å²) >= 11 is 0. The van der Waals surface area contributed by atoms with Gasteiger partial charge < -0.3 is 11.1 Å². The smallest absolute Gasteiger partial charge is 0.0538 e. The number of nitrogens with two attached hydrogens (primary N) is 1. The van der Waals surface area contributed by atoms with Crippen molar-refractivity contribution >= 4 is 0 Å². The monoisotopic (exact) mass is 138 g/mol. The van der Waals surface area contributed by atoms with Crippen molar-refractivity contribution < 1.29 is 0 Å². The molecule has 10 heavy (non-hydrogen) atoms. The molecule has 0 aromatic carbocycles. The molecule has 1 aromatic heterocycles. The number of nitrogens with one attached hydrogen (secondary N) is 2. The second kappa shape index (κ2) is 2.07. The Morgan fingerprint density at radius 2 is 2.60 bits per heavy atom. The van der Waals surface area contributed by atoms with Crippen molar-refractivity contribution in [2.45, 2.75) is 12.6 Å². The normalized spacial score (nSPS) is 24.3. The number of H-pyrrole nitrogens is 1. The Bertz CT molecular complexity index is 229. The van der Waals surface area contributed by atoms with E-state index in [1.54, 1.807) is 6.20 Å². The second-order valence-electron chi connectivity index (χ2n) is 2.54. The quantitative estimate of drug-likeness (QED) is 0.453. The maximum atomic E-state index is 5.77. The SMILES string of the molecule is NC1CNCc2[nH]ncc21. The van der Waals surface area contributed by atoms with Crippen molar-refractivity contribution in [2.75, 3.05) is 6.54 Å². The zero-order valence-corrected chi connectivity index (χ0v) is 5.59. The lowest BCUT2D eigenvalue weighted by Gasteiger charge is -2.18. The lowest BCUT2D eigenvalue weighted by atomic mass is 10.1. The summed E-state index contributed by atoms with van der Waals surface area (Å²) in [4.78, 5) is 0. The fourth-order valence-corrected chi connectivity index (χ4v) is 1.25. The van der Waals surface area contributed by atoms with E-state index in [0.29, 0.717) is 0 Å². The van der Waals surface area contributed by atoms with Crippen LogP contribution in [0.15, 0.2) is 6.20 Å². The molecule has 4 N–H and O–H groups in total. The van der Waals surface area contributed by atoms with Gasteiger partial charge in [-0.1, -0.05) is 0 Å². The summed E-state index contributed by atoms with van der Waals surface area (Å²) in [5, 5.41) is 9.99. The van der Waals surface area contributed by atoms with Crippen LogP contribution in [-0.2, 0) is 6.54 Å². The molecular weight excluding hydrogens is 128 g/mol. The molecular formula is C6H10N4. The van der Waals surface area contributed by atoms with Gasteiger partial charge in [0.2, 0.25) is 0 Å². The van der Waals surface area contributed by atoms with Crippen molar-refractivity contribution in [3.63, 3.8) is 0 Å². The number of aromatic nitrogens is 2. The van der Waals surface area contributed by atoms with Crippen LogP contribution in [0.4, 0.5) is 0 Å². The summed E-state index contributed by atoms with van der Waals surface area (Å²) in [6, 6.07) is 0.113. The third kappa shape index (κ3) is 0.732. The molecule has 0 saturated carbocycles. The van der Waals surface area contributed by atoms with Gasteiger partial charge in [0.25, 0.3) is 0 Å². The molecule has 1 unspecified atom stereocenters. The van der Waals surface area contributed by atoms with Crippen LogP contribution in [0, 0.1) is 0 Å². The number of hydrogen-bond donors (Lipinski definition) is 3. The number of nitrogens with zero attached hydrogens (tertiary/aromatic N) is 1. The molecule has 0 fully saturated rings. The van der Waals surface area contributed by atoms with Gasteiger partial charge in [0.15, 0.2) is 0 Å². The Labute approximate surface area is 58.8 Å². The molecule has 0 bridgehead atoms. The van der Waals surface area contributed by atoms with E-state index in [0.717, 1.165) is 24.3 Å². The van der Waals surface area contributed by atoms with Gasteiger partial charge >= 0.3 is 0 Å². The lowest BCUT2D eigenvalue weighted by molar-refractivity contribution is 0.549. The first-order valence-electron chi connectivity index (χ1n) is 3.36. The molecule has 0 radical (unpaired) electrons. The molecule has 1 aromatic rings. The van der Waals surface area contributed by atoms with Gasteiger partial charge in [-0.2, -0.15) is 5.10 Å². The standard InChI is InChI=1S/C6H10N4/c7-5-2-8-3-6-4(5)1-9-10-6/h1,5,8H,2-3,7H2,(H,9,10). The zero-order valence-electron chi connectivity index (χ0n) is 5.59. The van der Waals surface area contributed by atoms with Crippen molar-refractivity contribution in [3.05, 3.63) is 17.5 Å². The van der Waals surface area contributed by atoms with Crippen molar-refractivity contribution in [3.8, 4) is 0 Å². The maximum absolute atomic E-state index is 5.77. The number of fused-ring (bicyclic) bond motifs is 1. The summed E-state index contributed by atoms with van der Waals surface area (Å²) in [5.74, 6) is 0. The highest BCUT2D eigenvalue weighted by atomic mass is 15.1. The summed E-state index contributed by atoms with van der Waals surface area (Å²) in [7, 11) is 0. The van der Waals surface area contributed by atoms with E-state index in [2.05, 4.69) is 15.5 Å². The van der Waals surface area contributed by atoms with E-state index in [1.165, 1.54) is 0 Å². The summed E-state index contributed by atoms with van der Waals surface area (Å²) in [6.45, 7) is 1.72. The second-order valence-corrected chi connectivity index (χ2v) is 2.54. The Hall–Kier alpha value is -0.870. The highest BCUT2D eigenvalue weighted by Crippen LogP contribution is 2.16. The van der Waals surface area contributed by atoms with E-state index in [-0.39, 0.29) is 6.04 Å². The molecule has 4 nitrogen and oxygen atoms in total. The molecule has 1 aliphatic heterocycles. The minimum absolute atomic E-state index is 0.113. The van der Waals surface area contributed by atoms with Crippen LogP contribution in [0.5, 0.6) is 0 Å². The summed E-state index contributed by atoms with van der Waals surface area (Å²) < 4.78 is 0. The first-order chi connectivity index (χ1) is 4.88. The average Bonchev–Trinajstić information content (AvgIpc) is 2.36. The average molecular weight is 138 g/mol. The predicted molar refractivity (Wildman–Crippen MR) is 37.2 cm³/mol. The number of rotatable bonds is 0. The third-order valence-corrected chi connectivity index (χ3v) is 1.82. The van der Waals surface area contributed by atoms with Crippen LogP contribution in [-0.4, -0.2) is 16.7 Å². The van der Waals surface area contributed by atoms with E-state index in [9.17, 15) is 0 Å². The molecule has 0 aliphatic carbocycles. The molecule has 0 saturated heterocycles. The van der Waals surface area contributed by atoms with E-state index in [1.807, 2.05) is 0 Å². The van der Waals surface area contributed by atoms with Gasteiger partial charge in [-0.3, -0.25) is 5.10 Å². The Morgan fingerprint density at radius 3 is 3.40 bits per heavy atom. The molecule has 54 valence electrons. The van der Waals surface area contributed by atoms with Crippen LogP contribution in [0.25, 0.3) is 0 Å². The van der Waals surface area contributed by atoms with E-state index >= 15 is 0 Å². The minimum Gasteiger partial charge on any atom is -0.323 e. The molecule has 1 aliphatic rings. The Balaban J connectivity index is 2.41. The predicted octanol–water partition coefficient (Wildman–Crippen LogP) is -0.487. The van der Waals surface area contributed by atoms with E-state index in [4.69, 9.17) is 5.73 Å². The lowest BCUT2D eigenvalue weighted by Crippen LogP contribution is -2.32. The zero-order chi connectivity index (χ0) is 6.97. The van der Waals surface area contributed by atoms with Gasteiger partial charge in [-0.15, -0.1) is 0 Å². The van der Waals surface area contributed by atoms with Crippen LogP contribution in [0.3, 0.4) is 0 Å². The molecule has 4 heteroatoms. The first kappa shape index (κ1) is 5.88. The van der Waals surface area contributed by atoms with Crippen LogP contribution < -0.4 is 11.1 Å². The molecule has 1 atom stereocenters. The summed E-state index contributed by atoms with van der Waals surface area (Å²) in [6.07, 6.45) is 1.81. The van der Waals surface area contributed by atoms with Gasteiger partial charge in [0.1, 0.15) is 0 Å². The Kier molecular flexibility index (Phi) is 1.22. The maximum Gasteiger partial charge on any atom is 0.0538 e. The third-order valence-electron chi connectivity index (χ3n) is 1.82. The van der Waals surface area contributed by atoms with Gasteiger partial charge in [-0.25, -0.2) is 0 Å². The fraction of sp³-hybridized carbons (Fsp3) is 0.500. The van der Waals surface area contributed by atoms with Crippen molar-refractivity contribution in [1.29, 1.82) is 0 Å². The minimum atomic E-state index is 0.113. The van der Waals surface area contributed by atoms with Crippen molar-refractivity contribution in [1.82, 2.24) is 15.5 Å². The van der Waals surface area contributed by atoms with Crippen LogP contribution in [0.1, 0.15) is 17.3 Å². The highest BCUT2D eigenvalue weighted by Gasteiger charge is 2.16. The molecule has 2 rings (SSSR count). The van der Waals surface area contributed by atoms with Gasteiger partial charge in [0, 0.05) is 24.7 Å². The van der Waals surface area contributed by atoms with Gasteiger partial charge in [0.05, 0.1) is 11.9 Å². The molecule has 0 amide bonds. The van der Waals surface area contributed by atoms with Crippen molar-refractivity contribution in [2.24, 2.45) is 5.73 Å². The largest absolute Gasteiger partial charge is 0.323 e. The number of hydrogen-bond acceptors (Lipinski definition) is 3. The highest BCUT2D eigenvalue weighted by molar-refractivity contribution is 5.22.